The molecule has 136 valence electrons. The van der Waals surface area contributed by atoms with Crippen molar-refractivity contribution < 1.29 is 14.5 Å². The van der Waals surface area contributed by atoms with Gasteiger partial charge in [0.05, 0.1) is 29.2 Å². The molecule has 1 aromatic carbocycles. The van der Waals surface area contributed by atoms with E-state index in [1.54, 1.807) is 11.8 Å². The summed E-state index contributed by atoms with van der Waals surface area (Å²) in [6.45, 7) is 0. The molecule has 2 aromatic rings. The third kappa shape index (κ3) is 3.99. The summed E-state index contributed by atoms with van der Waals surface area (Å²) in [4.78, 5) is 41.5. The van der Waals surface area contributed by atoms with Crippen molar-refractivity contribution in [2.24, 2.45) is 0 Å². The van der Waals surface area contributed by atoms with Crippen LogP contribution in [0.25, 0.3) is 0 Å². The lowest BCUT2D eigenvalue weighted by atomic mass is 10.2. The van der Waals surface area contributed by atoms with E-state index in [1.807, 2.05) is 0 Å². The van der Waals surface area contributed by atoms with Gasteiger partial charge in [0.1, 0.15) is 5.75 Å². The first-order valence-corrected chi connectivity index (χ1v) is 9.57. The average molecular weight is 394 g/mol. The van der Waals surface area contributed by atoms with E-state index < -0.39 is 10.8 Å². The van der Waals surface area contributed by atoms with Crippen LogP contribution in [0.5, 0.6) is 5.75 Å². The molecule has 3 rings (SSSR count). The first kappa shape index (κ1) is 18.3. The number of carbonyl (C=O) groups is 1. The first-order valence-electron chi connectivity index (χ1n) is 7.43. The lowest BCUT2D eigenvalue weighted by molar-refractivity contribution is -0.384. The number of nitro groups is 1. The number of fused-ring (bicyclic) bond motifs is 1. The number of thioether (sulfide) groups is 2. The standard InChI is InChI=1S/C15H14N4O5S2/c1-24-12-3-2-8(19(22)23)4-10(12)16-13(20)7-26-15-17-11-6-25-5-9(11)14(21)18-15/h2-4H,5-7H2,1H3,(H,16,20)(H,17,18,21). The lowest BCUT2D eigenvalue weighted by Crippen LogP contribution is -2.18. The summed E-state index contributed by atoms with van der Waals surface area (Å²) in [6.07, 6.45) is 0. The quantitative estimate of drug-likeness (QED) is 0.330. The zero-order valence-corrected chi connectivity index (χ0v) is 15.2. The number of rotatable bonds is 6. The van der Waals surface area contributed by atoms with Crippen LogP contribution >= 0.6 is 23.5 Å². The van der Waals surface area contributed by atoms with Crippen molar-refractivity contribution in [2.45, 2.75) is 16.7 Å². The average Bonchev–Trinajstić information content (AvgIpc) is 3.09. The molecule has 0 bridgehead atoms. The maximum Gasteiger partial charge on any atom is 0.271 e. The van der Waals surface area contributed by atoms with Crippen LogP contribution in [-0.2, 0) is 16.3 Å². The molecule has 0 aliphatic carbocycles. The number of amides is 1. The summed E-state index contributed by atoms with van der Waals surface area (Å²) in [7, 11) is 1.41. The van der Waals surface area contributed by atoms with Gasteiger partial charge < -0.3 is 15.0 Å². The van der Waals surface area contributed by atoms with Crippen LogP contribution in [0.3, 0.4) is 0 Å². The van der Waals surface area contributed by atoms with Crippen molar-refractivity contribution in [2.75, 3.05) is 18.2 Å². The second kappa shape index (κ2) is 7.79. The van der Waals surface area contributed by atoms with Crippen molar-refractivity contribution >= 4 is 40.8 Å². The van der Waals surface area contributed by atoms with E-state index in [-0.39, 0.29) is 22.7 Å². The summed E-state index contributed by atoms with van der Waals surface area (Å²) in [5, 5.41) is 13.8. The zero-order valence-electron chi connectivity index (χ0n) is 13.6. The molecule has 26 heavy (non-hydrogen) atoms. The van der Waals surface area contributed by atoms with Gasteiger partial charge in [0.25, 0.3) is 11.2 Å². The highest BCUT2D eigenvalue weighted by molar-refractivity contribution is 7.99. The Balaban J connectivity index is 1.68. The number of nitrogens with zero attached hydrogens (tertiary/aromatic N) is 2. The van der Waals surface area contributed by atoms with Crippen molar-refractivity contribution in [1.82, 2.24) is 9.97 Å². The summed E-state index contributed by atoms with van der Waals surface area (Å²) in [6, 6.07) is 3.94. The molecular weight excluding hydrogens is 380 g/mol. The van der Waals surface area contributed by atoms with Crippen LogP contribution in [0.15, 0.2) is 28.2 Å². The topological polar surface area (TPSA) is 127 Å². The molecule has 1 aliphatic rings. The number of methoxy groups -OCH3 is 1. The van der Waals surface area contributed by atoms with Crippen LogP contribution in [0, 0.1) is 10.1 Å². The fourth-order valence-corrected chi connectivity index (χ4v) is 4.05. The maximum atomic E-state index is 12.2. The fourth-order valence-electron chi connectivity index (χ4n) is 2.34. The number of H-pyrrole nitrogens is 1. The van der Waals surface area contributed by atoms with E-state index in [0.29, 0.717) is 28.0 Å². The Kier molecular flexibility index (Phi) is 5.47. The van der Waals surface area contributed by atoms with E-state index in [9.17, 15) is 19.7 Å². The Morgan fingerprint density at radius 1 is 1.50 bits per heavy atom. The number of hydrogen-bond donors (Lipinski definition) is 2. The number of hydrogen-bond acceptors (Lipinski definition) is 8. The van der Waals surface area contributed by atoms with Crippen LogP contribution in [-0.4, -0.2) is 33.7 Å². The number of aromatic nitrogens is 2. The van der Waals surface area contributed by atoms with E-state index in [4.69, 9.17) is 4.74 Å². The highest BCUT2D eigenvalue weighted by Gasteiger charge is 2.18. The van der Waals surface area contributed by atoms with Gasteiger partial charge in [0.2, 0.25) is 5.91 Å². The van der Waals surface area contributed by atoms with E-state index in [2.05, 4.69) is 15.3 Å². The molecular formula is C15H14N4O5S2. The molecule has 1 amide bonds. The van der Waals surface area contributed by atoms with Gasteiger partial charge in [-0.1, -0.05) is 11.8 Å². The van der Waals surface area contributed by atoms with Gasteiger partial charge in [-0.2, -0.15) is 11.8 Å². The molecule has 0 unspecified atom stereocenters. The number of nitrogens with one attached hydrogen (secondary N) is 2. The highest BCUT2D eigenvalue weighted by atomic mass is 32.2. The number of anilines is 1. The Hall–Kier alpha value is -2.53. The molecule has 11 heteroatoms. The predicted molar refractivity (Wildman–Crippen MR) is 98.9 cm³/mol. The maximum absolute atomic E-state index is 12.2. The molecule has 0 fully saturated rings. The molecule has 0 atom stereocenters. The van der Waals surface area contributed by atoms with Gasteiger partial charge in [-0.15, -0.1) is 0 Å². The van der Waals surface area contributed by atoms with Gasteiger partial charge in [-0.05, 0) is 6.07 Å². The first-order chi connectivity index (χ1) is 12.5. The van der Waals surface area contributed by atoms with Gasteiger partial charge in [-0.3, -0.25) is 19.7 Å². The minimum atomic E-state index is -0.555. The molecule has 0 radical (unpaired) electrons. The van der Waals surface area contributed by atoms with E-state index >= 15 is 0 Å². The zero-order chi connectivity index (χ0) is 18.7. The van der Waals surface area contributed by atoms with Crippen LogP contribution in [0.4, 0.5) is 11.4 Å². The van der Waals surface area contributed by atoms with Crippen molar-refractivity contribution in [3.63, 3.8) is 0 Å². The molecule has 1 aromatic heterocycles. The highest BCUT2D eigenvalue weighted by Crippen LogP contribution is 2.29. The Morgan fingerprint density at radius 3 is 3.04 bits per heavy atom. The minimum Gasteiger partial charge on any atom is -0.495 e. The number of non-ortho nitro benzene ring substituents is 1. The summed E-state index contributed by atoms with van der Waals surface area (Å²) in [5.74, 6) is 1.24. The normalized spacial score (nSPS) is 12.5. The Labute approximate surface area is 156 Å². The van der Waals surface area contributed by atoms with Crippen molar-refractivity contribution in [3.8, 4) is 5.75 Å². The number of benzene rings is 1. The lowest BCUT2D eigenvalue weighted by Gasteiger charge is -2.10. The number of nitro benzene ring substituents is 1. The molecule has 2 N–H and O–H groups in total. The van der Waals surface area contributed by atoms with Gasteiger partial charge in [0, 0.05) is 29.2 Å². The molecule has 0 saturated heterocycles. The number of carbonyl (C=O) groups excluding carboxylic acids is 1. The summed E-state index contributed by atoms with van der Waals surface area (Å²) in [5.41, 5.74) is 1.31. The SMILES string of the molecule is COc1ccc([N+](=O)[O-])cc1NC(=O)CSc1nc2c(c(=O)[nH]1)CSC2. The van der Waals surface area contributed by atoms with Gasteiger partial charge >= 0.3 is 0 Å². The number of ether oxygens (including phenoxy) is 1. The summed E-state index contributed by atoms with van der Waals surface area (Å²) < 4.78 is 5.10. The monoisotopic (exact) mass is 394 g/mol. The Bertz CT molecular complexity index is 931. The van der Waals surface area contributed by atoms with Gasteiger partial charge in [0.15, 0.2) is 5.16 Å². The molecule has 0 saturated carbocycles. The summed E-state index contributed by atoms with van der Waals surface area (Å²) >= 11 is 2.71. The predicted octanol–water partition coefficient (Wildman–Crippen LogP) is 2.16. The Morgan fingerprint density at radius 2 is 2.31 bits per heavy atom. The van der Waals surface area contributed by atoms with Crippen molar-refractivity contribution in [1.29, 1.82) is 0 Å². The second-order valence-electron chi connectivity index (χ2n) is 5.27. The minimum absolute atomic E-state index is 0.0132. The van der Waals surface area contributed by atoms with E-state index in [1.165, 1.54) is 25.3 Å². The third-order valence-electron chi connectivity index (χ3n) is 3.57. The molecule has 9 nitrogen and oxygen atoms in total. The smallest absolute Gasteiger partial charge is 0.271 e. The van der Waals surface area contributed by atoms with E-state index in [0.717, 1.165) is 17.5 Å². The number of aromatic amines is 1. The molecule has 2 heterocycles. The van der Waals surface area contributed by atoms with Crippen LogP contribution in [0.2, 0.25) is 0 Å². The van der Waals surface area contributed by atoms with Crippen molar-refractivity contribution in [3.05, 3.63) is 49.9 Å². The second-order valence-corrected chi connectivity index (χ2v) is 7.22. The van der Waals surface area contributed by atoms with Gasteiger partial charge in [-0.25, -0.2) is 4.98 Å². The fraction of sp³-hybridized carbons (Fsp3) is 0.267. The molecule has 0 spiro atoms. The largest absolute Gasteiger partial charge is 0.495 e. The third-order valence-corrected chi connectivity index (χ3v) is 5.42. The van der Waals surface area contributed by atoms with Crippen LogP contribution < -0.4 is 15.6 Å². The van der Waals surface area contributed by atoms with Crippen LogP contribution in [0.1, 0.15) is 11.3 Å². The molecule has 1 aliphatic heterocycles.